The average molecular weight is 338 g/mol. The molecule has 0 unspecified atom stereocenters. The van der Waals surface area contributed by atoms with Gasteiger partial charge < -0.3 is 4.74 Å². The van der Waals surface area contributed by atoms with E-state index in [2.05, 4.69) is 25.1 Å². The minimum Gasteiger partial charge on any atom is -0.497 e. The molecule has 3 nitrogen and oxygen atoms in total. The van der Waals surface area contributed by atoms with Gasteiger partial charge in [0.1, 0.15) is 16.8 Å². The van der Waals surface area contributed by atoms with Gasteiger partial charge in [-0.2, -0.15) is 5.26 Å². The highest BCUT2D eigenvalue weighted by Crippen LogP contribution is 2.34. The second-order valence-corrected chi connectivity index (χ2v) is 6.97. The normalized spacial score (nSPS) is 13.2. The van der Waals surface area contributed by atoms with Gasteiger partial charge in [-0.15, -0.1) is 11.8 Å². The van der Waals surface area contributed by atoms with E-state index in [-0.39, 0.29) is 0 Å². The summed E-state index contributed by atoms with van der Waals surface area (Å²) in [6.07, 6.45) is 5.42. The van der Waals surface area contributed by atoms with E-state index in [1.807, 2.05) is 12.1 Å². The Morgan fingerprint density at radius 2 is 1.88 bits per heavy atom. The first-order valence-corrected chi connectivity index (χ1v) is 9.45. The molecule has 0 atom stereocenters. The number of benzene rings is 1. The quantitative estimate of drug-likeness (QED) is 0.742. The molecular weight excluding hydrogens is 316 g/mol. The number of rotatable bonds is 5. The van der Waals surface area contributed by atoms with Gasteiger partial charge in [0.25, 0.3) is 0 Å². The van der Waals surface area contributed by atoms with Crippen molar-refractivity contribution in [3.05, 3.63) is 52.2 Å². The van der Waals surface area contributed by atoms with Gasteiger partial charge in [-0.3, -0.25) is 0 Å². The van der Waals surface area contributed by atoms with Crippen LogP contribution in [0.4, 0.5) is 0 Å². The zero-order chi connectivity index (χ0) is 16.9. The van der Waals surface area contributed by atoms with Crippen molar-refractivity contribution in [3.63, 3.8) is 0 Å². The van der Waals surface area contributed by atoms with E-state index in [9.17, 15) is 5.26 Å². The Kier molecular flexibility index (Phi) is 5.42. The Hall–Kier alpha value is -1.99. The first-order valence-electron chi connectivity index (χ1n) is 8.47. The number of hydrogen-bond donors (Lipinski definition) is 0. The highest BCUT2D eigenvalue weighted by Gasteiger charge is 2.21. The van der Waals surface area contributed by atoms with Crippen LogP contribution in [0.1, 0.15) is 47.7 Å². The number of aryl methyl sites for hydroxylation is 1. The Bertz CT molecular complexity index is 763. The van der Waals surface area contributed by atoms with Crippen molar-refractivity contribution >= 4 is 11.8 Å². The summed E-state index contributed by atoms with van der Waals surface area (Å²) in [5.41, 5.74) is 5.80. The van der Waals surface area contributed by atoms with Crippen LogP contribution in [0, 0.1) is 11.3 Å². The predicted octanol–water partition coefficient (Wildman–Crippen LogP) is 4.70. The summed E-state index contributed by atoms with van der Waals surface area (Å²) < 4.78 is 5.20. The third-order valence-electron chi connectivity index (χ3n) is 4.55. The highest BCUT2D eigenvalue weighted by atomic mass is 32.2. The van der Waals surface area contributed by atoms with E-state index in [0.29, 0.717) is 0 Å². The van der Waals surface area contributed by atoms with Crippen molar-refractivity contribution in [1.29, 1.82) is 5.26 Å². The lowest BCUT2D eigenvalue weighted by Gasteiger charge is -2.21. The lowest BCUT2D eigenvalue weighted by molar-refractivity contribution is 0.414. The number of ether oxygens (including phenoxy) is 1. The minimum atomic E-state index is 0.806. The largest absolute Gasteiger partial charge is 0.497 e. The Balaban J connectivity index is 1.88. The number of pyridine rings is 1. The fourth-order valence-electron chi connectivity index (χ4n) is 3.26. The van der Waals surface area contributed by atoms with Crippen LogP contribution in [0.3, 0.4) is 0 Å². The van der Waals surface area contributed by atoms with Gasteiger partial charge in [0.05, 0.1) is 12.7 Å². The molecule has 1 aliphatic rings. The molecule has 1 aromatic carbocycles. The van der Waals surface area contributed by atoms with Crippen molar-refractivity contribution in [1.82, 2.24) is 4.98 Å². The SMILES string of the molecule is CCc1nc(SCc2ccc(OC)cc2)c(C#N)c2c1CCCC2. The van der Waals surface area contributed by atoms with Crippen LogP contribution < -0.4 is 4.74 Å². The topological polar surface area (TPSA) is 45.9 Å². The maximum Gasteiger partial charge on any atom is 0.118 e. The molecule has 1 aromatic heterocycles. The molecule has 124 valence electrons. The Labute approximate surface area is 148 Å². The third-order valence-corrected chi connectivity index (χ3v) is 5.60. The molecule has 0 aliphatic heterocycles. The summed E-state index contributed by atoms with van der Waals surface area (Å²) in [6, 6.07) is 10.5. The maximum absolute atomic E-state index is 9.68. The van der Waals surface area contributed by atoms with Crippen molar-refractivity contribution in [2.45, 2.75) is 49.8 Å². The first kappa shape index (κ1) is 16.9. The molecule has 2 aromatic rings. The van der Waals surface area contributed by atoms with E-state index in [4.69, 9.17) is 9.72 Å². The number of thioether (sulfide) groups is 1. The van der Waals surface area contributed by atoms with Crippen LogP contribution in [0.2, 0.25) is 0 Å². The molecule has 3 rings (SSSR count). The molecule has 0 radical (unpaired) electrons. The predicted molar refractivity (Wildman–Crippen MR) is 97.5 cm³/mol. The molecule has 4 heteroatoms. The molecule has 1 heterocycles. The number of methoxy groups -OCH3 is 1. The van der Waals surface area contributed by atoms with Crippen molar-refractivity contribution in [2.75, 3.05) is 7.11 Å². The molecule has 0 saturated carbocycles. The molecule has 24 heavy (non-hydrogen) atoms. The van der Waals surface area contributed by atoms with Gasteiger partial charge in [0.2, 0.25) is 0 Å². The lowest BCUT2D eigenvalue weighted by Crippen LogP contribution is -2.12. The van der Waals surface area contributed by atoms with Gasteiger partial charge in [0.15, 0.2) is 0 Å². The molecular formula is C20H22N2OS. The zero-order valence-electron chi connectivity index (χ0n) is 14.3. The number of nitriles is 1. The molecule has 0 amide bonds. The number of aromatic nitrogens is 1. The van der Waals surface area contributed by atoms with E-state index in [0.717, 1.165) is 41.4 Å². The Morgan fingerprint density at radius 3 is 2.50 bits per heavy atom. The zero-order valence-corrected chi connectivity index (χ0v) is 15.1. The number of nitrogens with zero attached hydrogens (tertiary/aromatic N) is 2. The molecule has 0 saturated heterocycles. The average Bonchev–Trinajstić information content (AvgIpc) is 2.65. The third kappa shape index (κ3) is 3.42. The summed E-state index contributed by atoms with van der Waals surface area (Å²) in [6.45, 7) is 2.15. The second kappa shape index (κ2) is 7.72. The van der Waals surface area contributed by atoms with Gasteiger partial charge in [-0.1, -0.05) is 19.1 Å². The lowest BCUT2D eigenvalue weighted by atomic mass is 9.87. The van der Waals surface area contributed by atoms with Crippen LogP contribution in [0.15, 0.2) is 29.3 Å². The molecule has 0 fully saturated rings. The van der Waals surface area contributed by atoms with E-state index in [1.165, 1.54) is 35.2 Å². The van der Waals surface area contributed by atoms with Crippen LogP contribution in [-0.2, 0) is 25.0 Å². The summed E-state index contributed by atoms with van der Waals surface area (Å²) >= 11 is 1.67. The smallest absolute Gasteiger partial charge is 0.118 e. The summed E-state index contributed by atoms with van der Waals surface area (Å²) in [5.74, 6) is 1.68. The van der Waals surface area contributed by atoms with Gasteiger partial charge in [-0.05, 0) is 60.9 Å². The van der Waals surface area contributed by atoms with Gasteiger partial charge in [-0.25, -0.2) is 4.98 Å². The Morgan fingerprint density at radius 1 is 1.17 bits per heavy atom. The van der Waals surface area contributed by atoms with E-state index in [1.54, 1.807) is 18.9 Å². The molecule has 0 N–H and O–H groups in total. The van der Waals surface area contributed by atoms with Crippen molar-refractivity contribution < 1.29 is 4.74 Å². The second-order valence-electron chi connectivity index (χ2n) is 6.00. The fraction of sp³-hybridized carbons (Fsp3) is 0.400. The van der Waals surface area contributed by atoms with Crippen LogP contribution >= 0.6 is 11.8 Å². The first-order chi connectivity index (χ1) is 11.8. The van der Waals surface area contributed by atoms with Crippen molar-refractivity contribution in [3.8, 4) is 11.8 Å². The summed E-state index contributed by atoms with van der Waals surface area (Å²) in [7, 11) is 1.67. The monoisotopic (exact) mass is 338 g/mol. The summed E-state index contributed by atoms with van der Waals surface area (Å²) in [5, 5.41) is 10.6. The molecule has 0 spiro atoms. The van der Waals surface area contributed by atoms with Gasteiger partial charge >= 0.3 is 0 Å². The number of hydrogen-bond acceptors (Lipinski definition) is 4. The van der Waals surface area contributed by atoms with Gasteiger partial charge in [0, 0.05) is 11.4 Å². The van der Waals surface area contributed by atoms with Crippen LogP contribution in [0.25, 0.3) is 0 Å². The van der Waals surface area contributed by atoms with E-state index >= 15 is 0 Å². The minimum absolute atomic E-state index is 0.806. The highest BCUT2D eigenvalue weighted by molar-refractivity contribution is 7.98. The van der Waals surface area contributed by atoms with E-state index < -0.39 is 0 Å². The molecule has 0 bridgehead atoms. The molecule has 1 aliphatic carbocycles. The van der Waals surface area contributed by atoms with Crippen LogP contribution in [-0.4, -0.2) is 12.1 Å². The van der Waals surface area contributed by atoms with Crippen LogP contribution in [0.5, 0.6) is 5.75 Å². The number of fused-ring (bicyclic) bond motifs is 1. The fourth-order valence-corrected chi connectivity index (χ4v) is 4.24. The maximum atomic E-state index is 9.68. The summed E-state index contributed by atoms with van der Waals surface area (Å²) in [4.78, 5) is 4.84. The standard InChI is InChI=1S/C20H22N2OS/c1-3-19-17-7-5-4-6-16(17)18(12-21)20(22-19)24-13-14-8-10-15(23-2)11-9-14/h8-11H,3-7,13H2,1-2H3. The van der Waals surface area contributed by atoms with Crippen molar-refractivity contribution in [2.24, 2.45) is 0 Å².